The molecule has 0 unspecified atom stereocenters. The van der Waals surface area contributed by atoms with Crippen molar-refractivity contribution < 1.29 is 37.1 Å². The Kier molecular flexibility index (Phi) is 12.2. The molecule has 252 valence electrons. The summed E-state index contributed by atoms with van der Waals surface area (Å²) in [6.07, 6.45) is -2.11. The number of aromatic nitrogens is 2. The summed E-state index contributed by atoms with van der Waals surface area (Å²) < 4.78 is 41.3. The van der Waals surface area contributed by atoms with Gasteiger partial charge < -0.3 is 31.7 Å². The number of alkyl halides is 3. The first kappa shape index (κ1) is 36.5. The number of rotatable bonds is 8. The summed E-state index contributed by atoms with van der Waals surface area (Å²) in [5.41, 5.74) is 6.23. The smallest absolute Gasteiger partial charge is 0.416 e. The van der Waals surface area contributed by atoms with Gasteiger partial charge in [0.05, 0.1) is 23.6 Å². The maximum absolute atomic E-state index is 12.4. The molecular formula is C33H34F3N7O5. The number of anilines is 4. The van der Waals surface area contributed by atoms with E-state index in [2.05, 4.69) is 31.2 Å². The zero-order valence-electron chi connectivity index (χ0n) is 26.4. The van der Waals surface area contributed by atoms with Crippen molar-refractivity contribution in [1.82, 2.24) is 15.3 Å². The summed E-state index contributed by atoms with van der Waals surface area (Å²) in [4.78, 5) is 55.2. The quantitative estimate of drug-likeness (QED) is 0.151. The summed E-state index contributed by atoms with van der Waals surface area (Å²) in [5.74, 6) is -1.20. The third kappa shape index (κ3) is 12.1. The zero-order chi connectivity index (χ0) is 35.5. The van der Waals surface area contributed by atoms with Crippen molar-refractivity contribution in [2.24, 2.45) is 5.73 Å². The highest BCUT2D eigenvalue weighted by Crippen LogP contribution is 2.29. The number of benzene rings is 3. The number of hydrogen-bond acceptors (Lipinski definition) is 8. The minimum absolute atomic E-state index is 0.144. The molecule has 12 nitrogen and oxygen atoms in total. The van der Waals surface area contributed by atoms with Crippen molar-refractivity contribution in [2.75, 3.05) is 22.5 Å². The number of nitrogens with one attached hydrogen (secondary N) is 4. The van der Waals surface area contributed by atoms with E-state index < -0.39 is 35.2 Å². The summed E-state index contributed by atoms with van der Waals surface area (Å²) in [5, 5.41) is 10.9. The summed E-state index contributed by atoms with van der Waals surface area (Å²) in [7, 11) is 0. The maximum Gasteiger partial charge on any atom is 0.416 e. The number of halogens is 3. The third-order valence-corrected chi connectivity index (χ3v) is 5.97. The molecule has 15 heteroatoms. The Morgan fingerprint density at radius 1 is 0.812 bits per heavy atom. The Bertz CT molecular complexity index is 1760. The van der Waals surface area contributed by atoms with E-state index in [-0.39, 0.29) is 18.0 Å². The third-order valence-electron chi connectivity index (χ3n) is 5.97. The predicted octanol–water partition coefficient (Wildman–Crippen LogP) is 6.05. The molecule has 0 spiro atoms. The van der Waals surface area contributed by atoms with Gasteiger partial charge in [-0.25, -0.2) is 14.8 Å². The fraction of sp³-hybridized carbons (Fsp3) is 0.212. The highest BCUT2D eigenvalue weighted by molar-refractivity contribution is 6.05. The Labute approximate surface area is 274 Å². The van der Waals surface area contributed by atoms with E-state index in [9.17, 15) is 32.3 Å². The molecule has 4 amide bonds. The molecule has 0 aliphatic rings. The van der Waals surface area contributed by atoms with Gasteiger partial charge in [-0.3, -0.25) is 14.4 Å². The lowest BCUT2D eigenvalue weighted by Gasteiger charge is -2.19. The number of carbonyl (C=O) groups is 4. The van der Waals surface area contributed by atoms with Gasteiger partial charge in [-0.2, -0.15) is 13.2 Å². The van der Waals surface area contributed by atoms with Crippen LogP contribution in [0.1, 0.15) is 52.6 Å². The van der Waals surface area contributed by atoms with Gasteiger partial charge in [-0.05, 0) is 75.7 Å². The predicted molar refractivity (Wildman–Crippen MR) is 174 cm³/mol. The van der Waals surface area contributed by atoms with Crippen LogP contribution in [0.3, 0.4) is 0 Å². The summed E-state index contributed by atoms with van der Waals surface area (Å²) in [6.45, 7) is 6.86. The topological polar surface area (TPSA) is 177 Å². The lowest BCUT2D eigenvalue weighted by atomic mass is 10.1. The van der Waals surface area contributed by atoms with Gasteiger partial charge in [0.25, 0.3) is 5.91 Å². The maximum atomic E-state index is 12.4. The second kappa shape index (κ2) is 16.0. The molecule has 48 heavy (non-hydrogen) atoms. The van der Waals surface area contributed by atoms with Crippen molar-refractivity contribution in [3.05, 3.63) is 107 Å². The molecule has 0 saturated heterocycles. The number of amides is 4. The van der Waals surface area contributed by atoms with Gasteiger partial charge in [-0.15, -0.1) is 0 Å². The van der Waals surface area contributed by atoms with Crippen molar-refractivity contribution in [1.29, 1.82) is 0 Å². The second-order valence-electron chi connectivity index (χ2n) is 11.1. The van der Waals surface area contributed by atoms with Gasteiger partial charge in [0.2, 0.25) is 17.8 Å². The molecule has 0 aliphatic carbocycles. The van der Waals surface area contributed by atoms with E-state index in [1.807, 2.05) is 19.1 Å². The molecule has 4 rings (SSSR count). The Morgan fingerprint density at radius 2 is 1.46 bits per heavy atom. The van der Waals surface area contributed by atoms with Crippen LogP contribution in [-0.2, 0) is 15.7 Å². The van der Waals surface area contributed by atoms with Gasteiger partial charge >= 0.3 is 12.3 Å². The van der Waals surface area contributed by atoms with Crippen LogP contribution in [0.25, 0.3) is 0 Å². The first-order valence-corrected chi connectivity index (χ1v) is 14.3. The van der Waals surface area contributed by atoms with Gasteiger partial charge in [0, 0.05) is 22.5 Å². The van der Waals surface area contributed by atoms with E-state index in [0.717, 1.165) is 23.8 Å². The molecule has 1 aromatic heterocycles. The van der Waals surface area contributed by atoms with E-state index in [1.54, 1.807) is 57.2 Å². The Morgan fingerprint density at radius 3 is 2.08 bits per heavy atom. The van der Waals surface area contributed by atoms with Crippen molar-refractivity contribution in [2.45, 2.75) is 39.5 Å². The van der Waals surface area contributed by atoms with Crippen LogP contribution >= 0.6 is 0 Å². The highest BCUT2D eigenvalue weighted by atomic mass is 19.4. The molecule has 0 bridgehead atoms. The minimum atomic E-state index is -4.44. The molecule has 0 radical (unpaired) electrons. The molecule has 0 saturated carbocycles. The van der Waals surface area contributed by atoms with Crippen LogP contribution in [0.4, 0.5) is 41.0 Å². The molecule has 0 aliphatic heterocycles. The molecule has 0 fully saturated rings. The average Bonchev–Trinajstić information content (AvgIpc) is 3.00. The molecule has 3 aromatic carbocycles. The first-order chi connectivity index (χ1) is 22.5. The number of nitrogens with two attached hydrogens (primary N) is 1. The van der Waals surface area contributed by atoms with Crippen LogP contribution in [0, 0.1) is 6.92 Å². The van der Waals surface area contributed by atoms with Crippen LogP contribution in [0.2, 0.25) is 0 Å². The number of primary amides is 1. The molecule has 0 atom stereocenters. The van der Waals surface area contributed by atoms with Crippen molar-refractivity contribution >= 4 is 46.8 Å². The standard InChI is InChI=1S/C25H28N6O4.C8H6F3NO/c1-16-8-5-6-11-20(16)22(33)30-19-13-26-23(27-14-19)31-18-10-7-9-17(12-18)29-21(32)15-28-24(34)35-25(2,3)4;9-8(10,11)6-3-1-2-5(4-6)7(12)13/h5-14H,15H2,1-4H3,(H,28,34)(H,29,32)(H,30,33)(H,26,27,31);1-4H,(H2,12,13). The minimum Gasteiger partial charge on any atom is -0.444 e. The van der Waals surface area contributed by atoms with E-state index >= 15 is 0 Å². The van der Waals surface area contributed by atoms with Crippen LogP contribution in [0.15, 0.2) is 85.2 Å². The monoisotopic (exact) mass is 665 g/mol. The average molecular weight is 666 g/mol. The molecular weight excluding hydrogens is 631 g/mol. The lowest BCUT2D eigenvalue weighted by molar-refractivity contribution is -0.137. The Balaban J connectivity index is 0.000000402. The number of nitrogens with zero attached hydrogens (tertiary/aromatic N) is 2. The van der Waals surface area contributed by atoms with Gasteiger partial charge in [0.15, 0.2) is 0 Å². The summed E-state index contributed by atoms with van der Waals surface area (Å²) in [6, 6.07) is 18.2. The number of aryl methyl sites for hydroxylation is 1. The van der Waals surface area contributed by atoms with Crippen molar-refractivity contribution in [3.63, 3.8) is 0 Å². The Hall–Kier alpha value is -5.99. The first-order valence-electron chi connectivity index (χ1n) is 14.3. The largest absolute Gasteiger partial charge is 0.444 e. The fourth-order valence-electron chi connectivity index (χ4n) is 3.81. The summed E-state index contributed by atoms with van der Waals surface area (Å²) >= 11 is 0. The van der Waals surface area contributed by atoms with Gasteiger partial charge in [0.1, 0.15) is 12.1 Å². The van der Waals surface area contributed by atoms with Crippen LogP contribution in [0.5, 0.6) is 0 Å². The molecule has 4 aromatic rings. The van der Waals surface area contributed by atoms with E-state index in [1.165, 1.54) is 18.5 Å². The number of hydrogen-bond donors (Lipinski definition) is 5. The normalized spacial score (nSPS) is 10.9. The second-order valence-corrected chi connectivity index (χ2v) is 11.1. The van der Waals surface area contributed by atoms with Crippen LogP contribution in [-0.4, -0.2) is 45.9 Å². The van der Waals surface area contributed by atoms with Crippen LogP contribution < -0.4 is 27.0 Å². The highest BCUT2D eigenvalue weighted by Gasteiger charge is 2.30. The SMILES string of the molecule is Cc1ccccc1C(=O)Nc1cnc(Nc2cccc(NC(=O)CNC(=O)OC(C)(C)C)c2)nc1.NC(=O)c1cccc(C(F)(F)F)c1. The lowest BCUT2D eigenvalue weighted by Crippen LogP contribution is -2.37. The van der Waals surface area contributed by atoms with Crippen molar-refractivity contribution in [3.8, 4) is 0 Å². The fourth-order valence-corrected chi connectivity index (χ4v) is 3.81. The number of carbonyl (C=O) groups excluding carboxylic acids is 4. The number of alkyl carbamates (subject to hydrolysis) is 1. The molecule has 1 heterocycles. The number of ether oxygens (including phenoxy) is 1. The van der Waals surface area contributed by atoms with E-state index in [0.29, 0.717) is 28.6 Å². The molecule has 6 N–H and O–H groups in total. The van der Waals surface area contributed by atoms with Gasteiger partial charge in [-0.1, -0.05) is 30.3 Å². The zero-order valence-corrected chi connectivity index (χ0v) is 26.4. The van der Waals surface area contributed by atoms with E-state index in [4.69, 9.17) is 10.5 Å².